The van der Waals surface area contributed by atoms with Gasteiger partial charge in [-0.05, 0) is 18.7 Å². The van der Waals surface area contributed by atoms with E-state index in [0.717, 1.165) is 17.7 Å². The van der Waals surface area contributed by atoms with Crippen LogP contribution in [0.2, 0.25) is 0 Å². The SMILES string of the molecule is NCCc1cnc(-c2ccccc2)o1. The van der Waals surface area contributed by atoms with E-state index in [1.807, 2.05) is 30.3 Å². The van der Waals surface area contributed by atoms with Crippen molar-refractivity contribution in [1.82, 2.24) is 4.98 Å². The number of hydrogen-bond donors (Lipinski definition) is 1. The Hall–Kier alpha value is -1.61. The van der Waals surface area contributed by atoms with Crippen LogP contribution in [0, 0.1) is 0 Å². The second kappa shape index (κ2) is 4.07. The van der Waals surface area contributed by atoms with E-state index in [9.17, 15) is 0 Å². The maximum atomic E-state index is 5.52. The molecule has 3 heteroatoms. The second-order valence-corrected chi connectivity index (χ2v) is 3.04. The van der Waals surface area contributed by atoms with Gasteiger partial charge in [0.2, 0.25) is 5.89 Å². The Morgan fingerprint density at radius 3 is 2.71 bits per heavy atom. The summed E-state index contributed by atoms with van der Waals surface area (Å²) in [6, 6.07) is 9.83. The maximum Gasteiger partial charge on any atom is 0.226 e. The number of oxazole rings is 1. The number of benzene rings is 1. The Bertz CT molecular complexity index is 395. The predicted molar refractivity (Wildman–Crippen MR) is 54.7 cm³/mol. The van der Waals surface area contributed by atoms with E-state index in [1.54, 1.807) is 6.20 Å². The van der Waals surface area contributed by atoms with Crippen molar-refractivity contribution in [2.45, 2.75) is 6.42 Å². The van der Waals surface area contributed by atoms with Crippen LogP contribution in [0.3, 0.4) is 0 Å². The van der Waals surface area contributed by atoms with Crippen LogP contribution >= 0.6 is 0 Å². The van der Waals surface area contributed by atoms with Crippen molar-refractivity contribution in [2.75, 3.05) is 6.54 Å². The third-order valence-electron chi connectivity index (χ3n) is 1.97. The van der Waals surface area contributed by atoms with E-state index in [0.29, 0.717) is 12.4 Å². The Kier molecular flexibility index (Phi) is 2.60. The standard InChI is InChI=1S/C11H12N2O/c12-7-6-10-8-13-11(14-10)9-4-2-1-3-5-9/h1-5,8H,6-7,12H2. The lowest BCUT2D eigenvalue weighted by Crippen LogP contribution is -2.01. The lowest BCUT2D eigenvalue weighted by Gasteiger charge is -1.93. The minimum atomic E-state index is 0.587. The van der Waals surface area contributed by atoms with Crippen LogP contribution in [-0.2, 0) is 6.42 Å². The molecule has 2 N–H and O–H groups in total. The smallest absolute Gasteiger partial charge is 0.226 e. The number of nitrogens with two attached hydrogens (primary N) is 1. The molecule has 0 spiro atoms. The summed E-state index contributed by atoms with van der Waals surface area (Å²) in [5.74, 6) is 1.50. The number of nitrogens with zero attached hydrogens (tertiary/aromatic N) is 1. The highest BCUT2D eigenvalue weighted by atomic mass is 16.4. The molecule has 0 saturated heterocycles. The highest BCUT2D eigenvalue weighted by Crippen LogP contribution is 2.18. The van der Waals surface area contributed by atoms with Gasteiger partial charge in [-0.2, -0.15) is 0 Å². The van der Waals surface area contributed by atoms with Gasteiger partial charge >= 0.3 is 0 Å². The zero-order chi connectivity index (χ0) is 9.80. The van der Waals surface area contributed by atoms with E-state index in [4.69, 9.17) is 10.2 Å². The van der Waals surface area contributed by atoms with Crippen LogP contribution < -0.4 is 5.73 Å². The average molecular weight is 188 g/mol. The lowest BCUT2D eigenvalue weighted by atomic mass is 10.2. The van der Waals surface area contributed by atoms with Crippen molar-refractivity contribution in [3.05, 3.63) is 42.3 Å². The fourth-order valence-electron chi connectivity index (χ4n) is 1.28. The molecule has 0 saturated carbocycles. The number of aromatic nitrogens is 1. The van der Waals surface area contributed by atoms with Gasteiger partial charge in [-0.3, -0.25) is 0 Å². The Balaban J connectivity index is 2.25. The second-order valence-electron chi connectivity index (χ2n) is 3.04. The van der Waals surface area contributed by atoms with Crippen molar-refractivity contribution in [3.63, 3.8) is 0 Å². The van der Waals surface area contributed by atoms with Crippen LogP contribution in [0.25, 0.3) is 11.5 Å². The van der Waals surface area contributed by atoms with Gasteiger partial charge < -0.3 is 10.2 Å². The summed E-state index contributed by atoms with van der Waals surface area (Å²) in [7, 11) is 0. The molecule has 1 heterocycles. The largest absolute Gasteiger partial charge is 0.441 e. The molecule has 1 aromatic heterocycles. The molecule has 1 aromatic carbocycles. The zero-order valence-corrected chi connectivity index (χ0v) is 7.81. The number of rotatable bonds is 3. The van der Waals surface area contributed by atoms with Gasteiger partial charge in [-0.15, -0.1) is 0 Å². The van der Waals surface area contributed by atoms with Crippen molar-refractivity contribution in [3.8, 4) is 11.5 Å². The van der Waals surface area contributed by atoms with E-state index in [2.05, 4.69) is 4.98 Å². The van der Waals surface area contributed by atoms with Gasteiger partial charge in [0.1, 0.15) is 5.76 Å². The first-order valence-corrected chi connectivity index (χ1v) is 4.60. The molecule has 2 rings (SSSR count). The topological polar surface area (TPSA) is 52.0 Å². The third kappa shape index (κ3) is 1.83. The Morgan fingerprint density at radius 2 is 2.00 bits per heavy atom. The summed E-state index contributed by atoms with van der Waals surface area (Å²) < 4.78 is 5.52. The van der Waals surface area contributed by atoms with Gasteiger partial charge in [0.25, 0.3) is 0 Å². The molecule has 72 valence electrons. The van der Waals surface area contributed by atoms with Crippen molar-refractivity contribution in [1.29, 1.82) is 0 Å². The summed E-state index contributed by atoms with van der Waals surface area (Å²) in [4.78, 5) is 4.18. The van der Waals surface area contributed by atoms with Crippen molar-refractivity contribution >= 4 is 0 Å². The Labute approximate surface area is 82.6 Å². The summed E-state index contributed by atoms with van der Waals surface area (Å²) >= 11 is 0. The lowest BCUT2D eigenvalue weighted by molar-refractivity contribution is 0.519. The zero-order valence-electron chi connectivity index (χ0n) is 7.81. The molecule has 0 radical (unpaired) electrons. The highest BCUT2D eigenvalue weighted by Gasteiger charge is 2.04. The molecule has 14 heavy (non-hydrogen) atoms. The molecular weight excluding hydrogens is 176 g/mol. The molecule has 0 unspecified atom stereocenters. The van der Waals surface area contributed by atoms with Gasteiger partial charge in [0.15, 0.2) is 0 Å². The molecule has 0 amide bonds. The first-order chi connectivity index (χ1) is 6.90. The quantitative estimate of drug-likeness (QED) is 0.799. The minimum Gasteiger partial charge on any atom is -0.441 e. The summed E-state index contributed by atoms with van der Waals surface area (Å²) in [5.41, 5.74) is 6.42. The van der Waals surface area contributed by atoms with E-state index < -0.39 is 0 Å². The van der Waals surface area contributed by atoms with Crippen molar-refractivity contribution < 1.29 is 4.42 Å². The Morgan fingerprint density at radius 1 is 1.21 bits per heavy atom. The van der Waals surface area contributed by atoms with Crippen LogP contribution in [0.5, 0.6) is 0 Å². The fourth-order valence-corrected chi connectivity index (χ4v) is 1.28. The van der Waals surface area contributed by atoms with Crippen LogP contribution in [0.15, 0.2) is 40.9 Å². The van der Waals surface area contributed by atoms with Crippen molar-refractivity contribution in [2.24, 2.45) is 5.73 Å². The molecular formula is C11H12N2O. The monoisotopic (exact) mass is 188 g/mol. The molecule has 0 fully saturated rings. The summed E-state index contributed by atoms with van der Waals surface area (Å²) in [6.07, 6.45) is 2.47. The molecule has 0 aliphatic carbocycles. The van der Waals surface area contributed by atoms with Gasteiger partial charge in [-0.25, -0.2) is 4.98 Å². The highest BCUT2D eigenvalue weighted by molar-refractivity contribution is 5.52. The molecule has 0 aliphatic rings. The van der Waals surface area contributed by atoms with E-state index in [-0.39, 0.29) is 0 Å². The fraction of sp³-hybridized carbons (Fsp3) is 0.182. The molecule has 0 aliphatic heterocycles. The minimum absolute atomic E-state index is 0.587. The molecule has 3 nitrogen and oxygen atoms in total. The predicted octanol–water partition coefficient (Wildman–Crippen LogP) is 1.84. The third-order valence-corrected chi connectivity index (χ3v) is 1.97. The maximum absolute atomic E-state index is 5.52. The van der Waals surface area contributed by atoms with Gasteiger partial charge in [0, 0.05) is 12.0 Å². The van der Waals surface area contributed by atoms with E-state index in [1.165, 1.54) is 0 Å². The summed E-state index contributed by atoms with van der Waals surface area (Å²) in [6.45, 7) is 0.587. The first-order valence-electron chi connectivity index (χ1n) is 4.60. The van der Waals surface area contributed by atoms with Crippen LogP contribution in [-0.4, -0.2) is 11.5 Å². The van der Waals surface area contributed by atoms with Crippen LogP contribution in [0.4, 0.5) is 0 Å². The van der Waals surface area contributed by atoms with Gasteiger partial charge in [0.05, 0.1) is 6.20 Å². The normalized spacial score (nSPS) is 10.4. The van der Waals surface area contributed by atoms with Gasteiger partial charge in [-0.1, -0.05) is 18.2 Å². The van der Waals surface area contributed by atoms with E-state index >= 15 is 0 Å². The molecule has 2 aromatic rings. The average Bonchev–Trinajstić information content (AvgIpc) is 2.68. The summed E-state index contributed by atoms with van der Waals surface area (Å²) in [5, 5.41) is 0. The molecule has 0 bridgehead atoms. The number of hydrogen-bond acceptors (Lipinski definition) is 3. The first kappa shape index (κ1) is 8.97. The van der Waals surface area contributed by atoms with Crippen LogP contribution in [0.1, 0.15) is 5.76 Å². The molecule has 0 atom stereocenters.